The Balaban J connectivity index is 1.63. The molecule has 1 aliphatic heterocycles. The van der Waals surface area contributed by atoms with E-state index in [-0.39, 0.29) is 27.7 Å². The van der Waals surface area contributed by atoms with Crippen molar-refractivity contribution >= 4 is 58.8 Å². The summed E-state index contributed by atoms with van der Waals surface area (Å²) in [5.41, 5.74) is 1.42. The fourth-order valence-corrected chi connectivity index (χ4v) is 3.98. The number of halogens is 2. The number of aryl methyl sites for hydroxylation is 1. The van der Waals surface area contributed by atoms with E-state index in [0.29, 0.717) is 16.3 Å². The number of benzene rings is 3. The summed E-state index contributed by atoms with van der Waals surface area (Å²) in [4.78, 5) is 51.4. The molecule has 8 nitrogen and oxygen atoms in total. The lowest BCUT2D eigenvalue weighted by Crippen LogP contribution is -2.54. The molecule has 1 N–H and O–H groups in total. The Morgan fingerprint density at radius 2 is 1.75 bits per heavy atom. The summed E-state index contributed by atoms with van der Waals surface area (Å²) in [5.74, 6) is -2.08. The second-order valence-corrected chi connectivity index (χ2v) is 8.56. The zero-order valence-corrected chi connectivity index (χ0v) is 20.5. The molecule has 1 fully saturated rings. The average Bonchev–Trinajstić information content (AvgIpc) is 2.82. The Morgan fingerprint density at radius 3 is 2.44 bits per heavy atom. The fourth-order valence-electron chi connectivity index (χ4n) is 3.49. The Hall–Kier alpha value is -4.14. The first-order chi connectivity index (χ1) is 17.2. The summed E-state index contributed by atoms with van der Waals surface area (Å²) in [5, 5.41) is 2.68. The predicted molar refractivity (Wildman–Crippen MR) is 135 cm³/mol. The maximum atomic E-state index is 13.1. The summed E-state index contributed by atoms with van der Waals surface area (Å²) in [6.07, 6.45) is 1.32. The number of ether oxygens (including phenoxy) is 2. The summed E-state index contributed by atoms with van der Waals surface area (Å²) in [7, 11) is 1.37. The van der Waals surface area contributed by atoms with Crippen molar-refractivity contribution in [3.05, 3.63) is 93.0 Å². The molecule has 36 heavy (non-hydrogen) atoms. The van der Waals surface area contributed by atoms with Crippen molar-refractivity contribution in [3.63, 3.8) is 0 Å². The number of rotatable bonds is 5. The van der Waals surface area contributed by atoms with E-state index in [0.717, 1.165) is 10.5 Å². The maximum Gasteiger partial charge on any atom is 0.345 e. The standard InChI is InChI=1S/C26H18Cl2N2O6/c1-14-4-3-5-17(10-14)30-24(32)19(23(31)29-26(30)34)11-15-6-9-21(22(12-15)35-2)36-25(33)18-8-7-16(27)13-20(18)28/h3-13H,1-2H3,(H,29,31,34)/b19-11+. The van der Waals surface area contributed by atoms with Gasteiger partial charge in [-0.25, -0.2) is 14.5 Å². The summed E-state index contributed by atoms with van der Waals surface area (Å²) < 4.78 is 10.7. The second-order valence-electron chi connectivity index (χ2n) is 7.72. The molecule has 182 valence electrons. The molecule has 0 bridgehead atoms. The SMILES string of the molecule is COc1cc(/C=C2\C(=O)NC(=O)N(c3cccc(C)c3)C2=O)ccc1OC(=O)c1ccc(Cl)cc1Cl. The van der Waals surface area contributed by atoms with Gasteiger partial charge < -0.3 is 9.47 Å². The molecule has 1 saturated heterocycles. The zero-order chi connectivity index (χ0) is 26.0. The van der Waals surface area contributed by atoms with Crippen LogP contribution in [0.1, 0.15) is 21.5 Å². The summed E-state index contributed by atoms with van der Waals surface area (Å²) in [6, 6.07) is 14.7. The molecule has 0 aliphatic carbocycles. The first-order valence-electron chi connectivity index (χ1n) is 10.5. The van der Waals surface area contributed by atoms with Gasteiger partial charge in [-0.2, -0.15) is 0 Å². The van der Waals surface area contributed by atoms with Crippen LogP contribution in [0.5, 0.6) is 11.5 Å². The van der Waals surface area contributed by atoms with Crippen molar-refractivity contribution in [2.45, 2.75) is 6.92 Å². The first kappa shape index (κ1) is 25.0. The van der Waals surface area contributed by atoms with Crippen LogP contribution >= 0.6 is 23.2 Å². The molecule has 0 unspecified atom stereocenters. The Bertz CT molecular complexity index is 1450. The largest absolute Gasteiger partial charge is 0.493 e. The molecule has 0 spiro atoms. The topological polar surface area (TPSA) is 102 Å². The average molecular weight is 525 g/mol. The molecule has 4 amide bonds. The third-order valence-corrected chi connectivity index (χ3v) is 5.76. The van der Waals surface area contributed by atoms with Gasteiger partial charge in [0.1, 0.15) is 5.57 Å². The fraction of sp³-hybridized carbons (Fsp3) is 0.0769. The summed E-state index contributed by atoms with van der Waals surface area (Å²) >= 11 is 11.9. The van der Waals surface area contributed by atoms with Gasteiger partial charge in [-0.1, -0.05) is 41.4 Å². The molecule has 1 heterocycles. The van der Waals surface area contributed by atoms with Crippen LogP contribution in [0.3, 0.4) is 0 Å². The van der Waals surface area contributed by atoms with Gasteiger partial charge in [0, 0.05) is 5.02 Å². The number of carbonyl (C=O) groups excluding carboxylic acids is 4. The number of methoxy groups -OCH3 is 1. The van der Waals surface area contributed by atoms with Gasteiger partial charge in [-0.05, 0) is 66.6 Å². The highest BCUT2D eigenvalue weighted by Gasteiger charge is 2.36. The van der Waals surface area contributed by atoms with Crippen molar-refractivity contribution in [3.8, 4) is 11.5 Å². The number of carbonyl (C=O) groups is 4. The van der Waals surface area contributed by atoms with Crippen molar-refractivity contribution in [1.29, 1.82) is 0 Å². The van der Waals surface area contributed by atoms with Crippen LogP contribution in [-0.2, 0) is 9.59 Å². The highest BCUT2D eigenvalue weighted by atomic mass is 35.5. The lowest BCUT2D eigenvalue weighted by Gasteiger charge is -2.26. The van der Waals surface area contributed by atoms with E-state index < -0.39 is 23.8 Å². The molecule has 0 aromatic heterocycles. The molecule has 1 aliphatic rings. The van der Waals surface area contributed by atoms with Crippen LogP contribution in [0.25, 0.3) is 6.08 Å². The molecule has 0 atom stereocenters. The van der Waals surface area contributed by atoms with Gasteiger partial charge in [0.05, 0.1) is 23.4 Å². The van der Waals surface area contributed by atoms with Gasteiger partial charge in [-0.15, -0.1) is 0 Å². The van der Waals surface area contributed by atoms with Gasteiger partial charge in [0.15, 0.2) is 11.5 Å². The predicted octanol–water partition coefficient (Wildman–Crippen LogP) is 5.20. The van der Waals surface area contributed by atoms with Crippen molar-refractivity contribution in [2.75, 3.05) is 12.0 Å². The third-order valence-electron chi connectivity index (χ3n) is 5.21. The number of hydrogen-bond acceptors (Lipinski definition) is 6. The number of hydrogen-bond donors (Lipinski definition) is 1. The number of imide groups is 2. The van der Waals surface area contributed by atoms with Crippen molar-refractivity contribution in [2.24, 2.45) is 0 Å². The third kappa shape index (κ3) is 5.10. The van der Waals surface area contributed by atoms with E-state index in [1.54, 1.807) is 18.2 Å². The highest BCUT2D eigenvalue weighted by molar-refractivity contribution is 6.39. The zero-order valence-electron chi connectivity index (χ0n) is 19.0. The van der Waals surface area contributed by atoms with Gasteiger partial charge in [0.2, 0.25) is 0 Å². The van der Waals surface area contributed by atoms with E-state index in [1.807, 2.05) is 13.0 Å². The van der Waals surface area contributed by atoms with Crippen LogP contribution in [0.2, 0.25) is 10.0 Å². The van der Waals surface area contributed by atoms with Gasteiger partial charge >= 0.3 is 12.0 Å². The van der Waals surface area contributed by atoms with Gasteiger partial charge in [-0.3, -0.25) is 14.9 Å². The Kier molecular flexibility index (Phi) is 7.10. The number of nitrogens with zero attached hydrogens (tertiary/aromatic N) is 1. The highest BCUT2D eigenvalue weighted by Crippen LogP contribution is 2.31. The van der Waals surface area contributed by atoms with E-state index in [4.69, 9.17) is 32.7 Å². The van der Waals surface area contributed by atoms with E-state index in [9.17, 15) is 19.2 Å². The summed E-state index contributed by atoms with van der Waals surface area (Å²) in [6.45, 7) is 1.82. The first-order valence-corrected chi connectivity index (χ1v) is 11.3. The number of barbiturate groups is 1. The smallest absolute Gasteiger partial charge is 0.345 e. The molecule has 0 radical (unpaired) electrons. The van der Waals surface area contributed by atoms with Crippen LogP contribution in [-0.4, -0.2) is 30.9 Å². The number of urea groups is 1. The Labute approximate surface area is 216 Å². The number of nitrogens with one attached hydrogen (secondary N) is 1. The minimum atomic E-state index is -0.839. The normalized spacial score (nSPS) is 14.6. The van der Waals surface area contributed by atoms with Crippen LogP contribution < -0.4 is 19.7 Å². The maximum absolute atomic E-state index is 13.1. The van der Waals surface area contributed by atoms with Gasteiger partial charge in [0.25, 0.3) is 11.8 Å². The molecule has 10 heteroatoms. The Morgan fingerprint density at radius 1 is 0.972 bits per heavy atom. The molecule has 0 saturated carbocycles. The molecular formula is C26H18Cl2N2O6. The van der Waals surface area contributed by atoms with E-state index in [2.05, 4.69) is 5.32 Å². The van der Waals surface area contributed by atoms with Crippen LogP contribution in [0.4, 0.5) is 10.5 Å². The van der Waals surface area contributed by atoms with Crippen molar-refractivity contribution < 1.29 is 28.7 Å². The van der Waals surface area contributed by atoms with Crippen LogP contribution in [0, 0.1) is 6.92 Å². The molecular weight excluding hydrogens is 507 g/mol. The lowest BCUT2D eigenvalue weighted by molar-refractivity contribution is -0.122. The van der Waals surface area contributed by atoms with Crippen LogP contribution in [0.15, 0.2) is 66.2 Å². The van der Waals surface area contributed by atoms with E-state index in [1.165, 1.54) is 49.6 Å². The molecule has 4 rings (SSSR count). The quantitative estimate of drug-likeness (QED) is 0.213. The minimum Gasteiger partial charge on any atom is -0.493 e. The number of anilines is 1. The van der Waals surface area contributed by atoms with E-state index >= 15 is 0 Å². The molecule has 3 aromatic rings. The second kappa shape index (κ2) is 10.2. The minimum absolute atomic E-state index is 0.0895. The lowest BCUT2D eigenvalue weighted by atomic mass is 10.1. The van der Waals surface area contributed by atoms with Crippen molar-refractivity contribution in [1.82, 2.24) is 5.32 Å². The number of esters is 1. The number of amides is 4. The molecule has 3 aromatic carbocycles. The monoisotopic (exact) mass is 524 g/mol.